The number of rotatable bonds is 3. The van der Waals surface area contributed by atoms with E-state index >= 15 is 0 Å². The average molecular weight is 327 g/mol. The molecule has 0 aliphatic carbocycles. The summed E-state index contributed by atoms with van der Waals surface area (Å²) in [7, 11) is 0. The molecule has 6 nitrogen and oxygen atoms in total. The molecule has 128 valence electrons. The van der Waals surface area contributed by atoms with Gasteiger partial charge in [-0.1, -0.05) is 20.8 Å². The normalized spacial score (nSPS) is 18.6. The number of hydrogen-bond acceptors (Lipinski definition) is 5. The highest BCUT2D eigenvalue weighted by Gasteiger charge is 2.25. The number of carbonyl (C=O) groups excluding carboxylic acids is 1. The molecule has 1 unspecified atom stereocenters. The Morgan fingerprint density at radius 1 is 1.29 bits per heavy atom. The molecule has 1 amide bonds. The summed E-state index contributed by atoms with van der Waals surface area (Å²) in [5.74, 6) is 1.50. The molecule has 1 atom stereocenters. The van der Waals surface area contributed by atoms with Crippen LogP contribution in [0.1, 0.15) is 33.6 Å². The van der Waals surface area contributed by atoms with Gasteiger partial charge >= 0.3 is 0 Å². The lowest BCUT2D eigenvalue weighted by molar-refractivity contribution is -0.128. The molecule has 0 aromatic carbocycles. The lowest BCUT2D eigenvalue weighted by atomic mass is 9.94. The van der Waals surface area contributed by atoms with Gasteiger partial charge in [-0.2, -0.15) is 0 Å². The van der Waals surface area contributed by atoms with E-state index in [0.717, 1.165) is 43.8 Å². The van der Waals surface area contributed by atoms with E-state index in [9.17, 15) is 4.79 Å². The van der Waals surface area contributed by atoms with E-state index in [1.165, 1.54) is 0 Å². The second kappa shape index (κ2) is 6.71. The van der Waals surface area contributed by atoms with Crippen LogP contribution in [0.2, 0.25) is 0 Å². The zero-order valence-electron chi connectivity index (χ0n) is 14.6. The van der Waals surface area contributed by atoms with Crippen LogP contribution in [0.3, 0.4) is 0 Å². The number of fused-ring (bicyclic) bond motifs is 1. The number of nitrogens with one attached hydrogen (secondary N) is 1. The van der Waals surface area contributed by atoms with Crippen LogP contribution in [-0.4, -0.2) is 40.5 Å². The smallest absolute Gasteiger partial charge is 0.225 e. The van der Waals surface area contributed by atoms with E-state index < -0.39 is 0 Å². The first-order valence-electron chi connectivity index (χ1n) is 8.54. The van der Waals surface area contributed by atoms with Crippen LogP contribution in [0.15, 0.2) is 24.5 Å². The zero-order chi connectivity index (χ0) is 17.2. The highest BCUT2D eigenvalue weighted by atomic mass is 16.2. The minimum absolute atomic E-state index is 0.110. The largest absolute Gasteiger partial charge is 0.356 e. The van der Waals surface area contributed by atoms with Crippen molar-refractivity contribution in [1.29, 1.82) is 0 Å². The second-order valence-corrected chi connectivity index (χ2v) is 7.48. The topological polar surface area (TPSA) is 71.0 Å². The van der Waals surface area contributed by atoms with Crippen molar-refractivity contribution in [2.45, 2.75) is 33.6 Å². The van der Waals surface area contributed by atoms with Crippen molar-refractivity contribution in [1.82, 2.24) is 20.3 Å². The Balaban J connectivity index is 1.65. The molecule has 2 aromatic heterocycles. The monoisotopic (exact) mass is 327 g/mol. The summed E-state index contributed by atoms with van der Waals surface area (Å²) in [5, 5.41) is 3.09. The summed E-state index contributed by atoms with van der Waals surface area (Å²) < 4.78 is 0. The molecule has 3 heterocycles. The van der Waals surface area contributed by atoms with Crippen LogP contribution in [0.25, 0.3) is 11.2 Å². The average Bonchev–Trinajstić information content (AvgIpc) is 2.58. The number of aromatic nitrogens is 3. The molecule has 24 heavy (non-hydrogen) atoms. The van der Waals surface area contributed by atoms with Crippen LogP contribution in [0.5, 0.6) is 0 Å². The SMILES string of the molecule is CC(C)(C)C(=O)NCC1CCCN(c2ccc3nccnc3n2)C1. The van der Waals surface area contributed by atoms with E-state index in [2.05, 4.69) is 25.2 Å². The summed E-state index contributed by atoms with van der Waals surface area (Å²) in [5.41, 5.74) is 1.15. The summed E-state index contributed by atoms with van der Waals surface area (Å²) in [4.78, 5) is 27.5. The fourth-order valence-corrected chi connectivity index (χ4v) is 2.96. The van der Waals surface area contributed by atoms with Crippen LogP contribution >= 0.6 is 0 Å². The Bertz CT molecular complexity index is 725. The van der Waals surface area contributed by atoms with Crippen LogP contribution in [-0.2, 0) is 4.79 Å². The molecule has 0 bridgehead atoms. The number of nitrogens with zero attached hydrogens (tertiary/aromatic N) is 4. The number of pyridine rings is 1. The molecule has 1 fully saturated rings. The van der Waals surface area contributed by atoms with Crippen molar-refractivity contribution < 1.29 is 4.79 Å². The standard InChI is InChI=1S/C18H25N5O/c1-18(2,3)17(24)21-11-13-5-4-10-23(12-13)15-7-6-14-16(22-15)20-9-8-19-14/h6-9,13H,4-5,10-12H2,1-3H3,(H,21,24). The van der Waals surface area contributed by atoms with Crippen molar-refractivity contribution in [2.24, 2.45) is 11.3 Å². The number of piperidine rings is 1. The third-order valence-electron chi connectivity index (χ3n) is 4.39. The molecule has 3 rings (SSSR count). The van der Waals surface area contributed by atoms with Crippen LogP contribution < -0.4 is 10.2 Å². The third kappa shape index (κ3) is 3.80. The van der Waals surface area contributed by atoms with Gasteiger partial charge in [-0.25, -0.2) is 9.97 Å². The lowest BCUT2D eigenvalue weighted by Crippen LogP contribution is -2.43. The minimum atomic E-state index is -0.340. The third-order valence-corrected chi connectivity index (χ3v) is 4.39. The van der Waals surface area contributed by atoms with Gasteiger partial charge in [0.05, 0.1) is 0 Å². The molecule has 0 spiro atoms. The summed E-state index contributed by atoms with van der Waals surface area (Å²) >= 11 is 0. The highest BCUT2D eigenvalue weighted by Crippen LogP contribution is 2.23. The van der Waals surface area contributed by atoms with Gasteiger partial charge in [0.1, 0.15) is 11.3 Å². The van der Waals surface area contributed by atoms with E-state index in [4.69, 9.17) is 0 Å². The first-order chi connectivity index (χ1) is 11.4. The molecular weight excluding hydrogens is 302 g/mol. The van der Waals surface area contributed by atoms with E-state index in [0.29, 0.717) is 11.6 Å². The predicted octanol–water partition coefficient (Wildman–Crippen LogP) is 2.40. The van der Waals surface area contributed by atoms with E-state index in [1.807, 2.05) is 32.9 Å². The molecule has 1 saturated heterocycles. The van der Waals surface area contributed by atoms with E-state index in [-0.39, 0.29) is 11.3 Å². The Hall–Kier alpha value is -2.24. The molecule has 6 heteroatoms. The van der Waals surface area contributed by atoms with Gasteiger partial charge in [-0.3, -0.25) is 9.78 Å². The Kier molecular flexibility index (Phi) is 4.64. The maximum atomic E-state index is 12.1. The van der Waals surface area contributed by atoms with Gasteiger partial charge in [-0.05, 0) is 30.9 Å². The van der Waals surface area contributed by atoms with Crippen molar-refractivity contribution in [3.63, 3.8) is 0 Å². The van der Waals surface area contributed by atoms with Crippen molar-refractivity contribution in [3.8, 4) is 0 Å². The van der Waals surface area contributed by atoms with Gasteiger partial charge in [-0.15, -0.1) is 0 Å². The lowest BCUT2D eigenvalue weighted by Gasteiger charge is -2.34. The predicted molar refractivity (Wildman–Crippen MR) is 94.7 cm³/mol. The summed E-state index contributed by atoms with van der Waals surface area (Å²) in [6.45, 7) is 8.44. The van der Waals surface area contributed by atoms with Crippen molar-refractivity contribution >= 4 is 22.9 Å². The Labute approximate surface area is 142 Å². The second-order valence-electron chi connectivity index (χ2n) is 7.48. The van der Waals surface area contributed by atoms with E-state index in [1.54, 1.807) is 12.4 Å². The summed E-state index contributed by atoms with van der Waals surface area (Å²) in [6.07, 6.45) is 5.59. The number of carbonyl (C=O) groups is 1. The van der Waals surface area contributed by atoms with Crippen molar-refractivity contribution in [3.05, 3.63) is 24.5 Å². The van der Waals surface area contributed by atoms with Gasteiger partial charge in [0.25, 0.3) is 0 Å². The Morgan fingerprint density at radius 2 is 2.08 bits per heavy atom. The zero-order valence-corrected chi connectivity index (χ0v) is 14.6. The first-order valence-corrected chi connectivity index (χ1v) is 8.54. The maximum absolute atomic E-state index is 12.1. The molecular formula is C18H25N5O. The van der Waals surface area contributed by atoms with Crippen molar-refractivity contribution in [2.75, 3.05) is 24.5 Å². The van der Waals surface area contributed by atoms with Crippen LogP contribution in [0.4, 0.5) is 5.82 Å². The fourth-order valence-electron chi connectivity index (χ4n) is 2.96. The molecule has 1 N–H and O–H groups in total. The van der Waals surface area contributed by atoms with Gasteiger partial charge in [0.15, 0.2) is 5.65 Å². The number of anilines is 1. The Morgan fingerprint density at radius 3 is 2.88 bits per heavy atom. The number of amides is 1. The number of hydrogen-bond donors (Lipinski definition) is 1. The molecule has 0 radical (unpaired) electrons. The first kappa shape index (κ1) is 16.6. The minimum Gasteiger partial charge on any atom is -0.356 e. The quantitative estimate of drug-likeness (QED) is 0.937. The molecule has 1 aliphatic rings. The van der Waals surface area contributed by atoms with Gasteiger partial charge in [0, 0.05) is 37.4 Å². The maximum Gasteiger partial charge on any atom is 0.225 e. The molecule has 1 aliphatic heterocycles. The van der Waals surface area contributed by atoms with Gasteiger partial charge < -0.3 is 10.2 Å². The van der Waals surface area contributed by atoms with Crippen LogP contribution in [0, 0.1) is 11.3 Å². The molecule has 0 saturated carbocycles. The summed E-state index contributed by atoms with van der Waals surface area (Å²) in [6, 6.07) is 3.97. The van der Waals surface area contributed by atoms with Gasteiger partial charge in [0.2, 0.25) is 5.91 Å². The fraction of sp³-hybridized carbons (Fsp3) is 0.556. The highest BCUT2D eigenvalue weighted by molar-refractivity contribution is 5.81. The molecule has 2 aromatic rings.